The highest BCUT2D eigenvalue weighted by Crippen LogP contribution is 2.25. The van der Waals surface area contributed by atoms with E-state index in [1.165, 1.54) is 0 Å². The Balaban J connectivity index is 3.48. The number of hydrogen-bond donors (Lipinski definition) is 0. The van der Waals surface area contributed by atoms with Gasteiger partial charge in [0.1, 0.15) is 5.75 Å². The molecule has 1 aromatic rings. The molecule has 0 amide bonds. The fraction of sp³-hybridized carbons (Fsp3) is 0.143. The van der Waals surface area contributed by atoms with Crippen molar-refractivity contribution in [3.8, 4) is 5.75 Å². The largest absolute Gasteiger partial charge is 0.497 e. The van der Waals surface area contributed by atoms with Gasteiger partial charge in [-0.1, -0.05) is 0 Å². The van der Waals surface area contributed by atoms with E-state index in [4.69, 9.17) is 0 Å². The number of benzene rings is 1. The van der Waals surface area contributed by atoms with Crippen LogP contribution < -0.4 is 4.74 Å². The molecule has 3 nitrogen and oxygen atoms in total. The highest BCUT2D eigenvalue weighted by molar-refractivity contribution is 7.86. The lowest BCUT2D eigenvalue weighted by Gasteiger charge is -2.03. The van der Waals surface area contributed by atoms with Crippen LogP contribution in [-0.4, -0.2) is 15.5 Å². The van der Waals surface area contributed by atoms with Gasteiger partial charge in [0.25, 0.3) is 0 Å². The van der Waals surface area contributed by atoms with Gasteiger partial charge in [-0.25, -0.2) is 8.78 Å². The Hall–Kier alpha value is -1.24. The summed E-state index contributed by atoms with van der Waals surface area (Å²) in [5.74, 6) is -3.28. The third-order valence-electron chi connectivity index (χ3n) is 1.45. The van der Waals surface area contributed by atoms with Crippen LogP contribution in [0.3, 0.4) is 0 Å². The summed E-state index contributed by atoms with van der Waals surface area (Å²) >= 11 is 0. The summed E-state index contributed by atoms with van der Waals surface area (Å²) in [5, 5.41) is 0. The van der Waals surface area contributed by atoms with Gasteiger partial charge in [0, 0.05) is 12.1 Å². The summed E-state index contributed by atoms with van der Waals surface area (Å²) in [6, 6.07) is 1.16. The zero-order chi connectivity index (χ0) is 10.9. The first-order valence-corrected chi connectivity index (χ1v) is 4.72. The number of rotatable bonds is 2. The summed E-state index contributed by atoms with van der Waals surface area (Å²) in [6.07, 6.45) is 0. The summed E-state index contributed by atoms with van der Waals surface area (Å²) in [7, 11) is -4.26. The monoisotopic (exact) mass is 226 g/mol. The Kier molecular flexibility index (Phi) is 2.70. The van der Waals surface area contributed by atoms with Crippen molar-refractivity contribution in [1.82, 2.24) is 0 Å². The Morgan fingerprint density at radius 1 is 1.21 bits per heavy atom. The van der Waals surface area contributed by atoms with E-state index in [1.54, 1.807) is 0 Å². The van der Waals surface area contributed by atoms with Crippen molar-refractivity contribution >= 4 is 10.2 Å². The minimum Gasteiger partial charge on any atom is -0.497 e. The lowest BCUT2D eigenvalue weighted by Crippen LogP contribution is -2.01. The zero-order valence-corrected chi connectivity index (χ0v) is 7.74. The molecular weight excluding hydrogens is 221 g/mol. The fourth-order valence-corrected chi connectivity index (χ4v) is 1.47. The smallest absolute Gasteiger partial charge is 0.337 e. The highest BCUT2D eigenvalue weighted by Gasteiger charge is 2.24. The summed E-state index contributed by atoms with van der Waals surface area (Å²) in [5.41, 5.74) is 0. The molecule has 0 atom stereocenters. The van der Waals surface area contributed by atoms with Gasteiger partial charge in [-0.05, 0) is 0 Å². The van der Waals surface area contributed by atoms with Crippen molar-refractivity contribution in [2.45, 2.75) is 4.90 Å². The fourth-order valence-electron chi connectivity index (χ4n) is 0.887. The van der Waals surface area contributed by atoms with Crippen LogP contribution in [0.1, 0.15) is 0 Å². The van der Waals surface area contributed by atoms with Crippen molar-refractivity contribution in [2.75, 3.05) is 7.11 Å². The first-order valence-electron chi connectivity index (χ1n) is 3.34. The van der Waals surface area contributed by atoms with Gasteiger partial charge in [0.15, 0.2) is 16.5 Å². The van der Waals surface area contributed by atoms with Crippen molar-refractivity contribution in [3.05, 3.63) is 23.8 Å². The maximum absolute atomic E-state index is 12.9. The first-order chi connectivity index (χ1) is 6.36. The molecule has 0 saturated heterocycles. The Labute approximate surface area is 78.3 Å². The number of methoxy groups -OCH3 is 1. The zero-order valence-electron chi connectivity index (χ0n) is 6.92. The van der Waals surface area contributed by atoms with E-state index in [0.717, 1.165) is 7.11 Å². The molecule has 78 valence electrons. The van der Waals surface area contributed by atoms with E-state index in [2.05, 4.69) is 4.74 Å². The van der Waals surface area contributed by atoms with E-state index in [0.29, 0.717) is 12.1 Å². The van der Waals surface area contributed by atoms with Gasteiger partial charge < -0.3 is 4.74 Å². The average Bonchev–Trinajstić information content (AvgIpc) is 1.99. The lowest BCUT2D eigenvalue weighted by atomic mass is 10.3. The number of hydrogen-bond acceptors (Lipinski definition) is 3. The van der Waals surface area contributed by atoms with E-state index in [9.17, 15) is 21.1 Å². The topological polar surface area (TPSA) is 43.4 Å². The van der Waals surface area contributed by atoms with Crippen molar-refractivity contribution in [2.24, 2.45) is 0 Å². The van der Waals surface area contributed by atoms with Gasteiger partial charge in [-0.2, -0.15) is 8.42 Å². The van der Waals surface area contributed by atoms with Crippen LogP contribution >= 0.6 is 0 Å². The first kappa shape index (κ1) is 10.8. The number of ether oxygens (including phenoxy) is 1. The Morgan fingerprint density at radius 3 is 1.93 bits per heavy atom. The van der Waals surface area contributed by atoms with Gasteiger partial charge >= 0.3 is 10.2 Å². The van der Waals surface area contributed by atoms with E-state index in [-0.39, 0.29) is 5.75 Å². The maximum atomic E-state index is 12.9. The quantitative estimate of drug-likeness (QED) is 0.720. The predicted molar refractivity (Wildman–Crippen MR) is 41.2 cm³/mol. The molecule has 14 heavy (non-hydrogen) atoms. The van der Waals surface area contributed by atoms with Crippen molar-refractivity contribution in [3.63, 3.8) is 0 Å². The lowest BCUT2D eigenvalue weighted by molar-refractivity contribution is 0.401. The molecule has 0 spiro atoms. The predicted octanol–water partition coefficient (Wildman–Crippen LogP) is 1.63. The summed E-state index contributed by atoms with van der Waals surface area (Å²) in [6.45, 7) is 0. The van der Waals surface area contributed by atoms with Crippen LogP contribution in [0.5, 0.6) is 5.75 Å². The average molecular weight is 226 g/mol. The van der Waals surface area contributed by atoms with Crippen LogP contribution in [0.25, 0.3) is 0 Å². The molecule has 0 unspecified atom stereocenters. The number of halogens is 3. The van der Waals surface area contributed by atoms with Crippen LogP contribution in [0.15, 0.2) is 17.0 Å². The van der Waals surface area contributed by atoms with Crippen LogP contribution in [0.2, 0.25) is 0 Å². The molecule has 0 heterocycles. The second-order valence-corrected chi connectivity index (χ2v) is 3.64. The maximum Gasteiger partial charge on any atom is 0.337 e. The molecule has 0 N–H and O–H groups in total. The molecule has 7 heteroatoms. The second kappa shape index (κ2) is 3.49. The van der Waals surface area contributed by atoms with E-state index in [1.807, 2.05) is 0 Å². The third-order valence-corrected chi connectivity index (χ3v) is 2.33. The minimum absolute atomic E-state index is 0.229. The molecule has 0 saturated carbocycles. The SMILES string of the molecule is COc1cc(F)c(S(=O)(=O)F)c(F)c1. The second-order valence-electron chi connectivity index (χ2n) is 2.36. The highest BCUT2D eigenvalue weighted by atomic mass is 32.3. The normalized spacial score (nSPS) is 11.4. The molecule has 0 aromatic heterocycles. The molecule has 0 fully saturated rings. The van der Waals surface area contributed by atoms with Crippen LogP contribution in [0, 0.1) is 11.6 Å². The summed E-state index contributed by atoms with van der Waals surface area (Å²) < 4.78 is 63.1. The van der Waals surface area contributed by atoms with Gasteiger partial charge in [0.2, 0.25) is 0 Å². The van der Waals surface area contributed by atoms with Gasteiger partial charge in [0.05, 0.1) is 7.11 Å². The van der Waals surface area contributed by atoms with Crippen molar-refractivity contribution in [1.29, 1.82) is 0 Å². The molecule has 0 aliphatic heterocycles. The molecule has 0 aliphatic carbocycles. The minimum atomic E-state index is -5.39. The molecule has 0 radical (unpaired) electrons. The standard InChI is InChI=1S/C7H5F3O3S/c1-13-4-2-5(8)7(6(9)3-4)14(10,11)12/h2-3H,1H3. The van der Waals surface area contributed by atoms with Crippen molar-refractivity contribution < 1.29 is 25.8 Å². The molecule has 1 aromatic carbocycles. The van der Waals surface area contributed by atoms with E-state index < -0.39 is 26.8 Å². The van der Waals surface area contributed by atoms with Gasteiger partial charge in [-0.3, -0.25) is 0 Å². The molecule has 0 bridgehead atoms. The molecule has 0 aliphatic rings. The molecule has 1 rings (SSSR count). The Bertz CT molecular complexity index is 432. The van der Waals surface area contributed by atoms with E-state index >= 15 is 0 Å². The van der Waals surface area contributed by atoms with Crippen LogP contribution in [-0.2, 0) is 10.2 Å². The summed E-state index contributed by atoms with van der Waals surface area (Å²) in [4.78, 5) is -1.60. The third kappa shape index (κ3) is 1.98. The molecular formula is C7H5F3O3S. The Morgan fingerprint density at radius 2 is 1.64 bits per heavy atom. The van der Waals surface area contributed by atoms with Crippen LogP contribution in [0.4, 0.5) is 12.7 Å². The van der Waals surface area contributed by atoms with Gasteiger partial charge in [-0.15, -0.1) is 3.89 Å².